The number of hydrogen-bond donors (Lipinski definition) is 0. The van der Waals surface area contributed by atoms with E-state index in [2.05, 4.69) is 50.3 Å². The first-order chi connectivity index (χ1) is 8.80. The van der Waals surface area contributed by atoms with Gasteiger partial charge in [-0.25, -0.2) is 0 Å². The van der Waals surface area contributed by atoms with Gasteiger partial charge in [0.15, 0.2) is 0 Å². The molecule has 4 bridgehead atoms. The molecule has 0 aliphatic heterocycles. The molecule has 0 aromatic heterocycles. The summed E-state index contributed by atoms with van der Waals surface area (Å²) in [6, 6.07) is 0. The van der Waals surface area contributed by atoms with Crippen LogP contribution in [0.25, 0.3) is 0 Å². The maximum atomic E-state index is 3.35. The van der Waals surface area contributed by atoms with Crippen molar-refractivity contribution in [3.63, 3.8) is 0 Å². The Labute approximate surface area is 130 Å². The third-order valence-electron chi connectivity index (χ3n) is 4.80. The van der Waals surface area contributed by atoms with E-state index in [9.17, 15) is 0 Å². The van der Waals surface area contributed by atoms with Gasteiger partial charge in [-0.1, -0.05) is 49.0 Å². The number of rotatable bonds is 0. The molecule has 4 aliphatic rings. The molecule has 0 saturated heterocycles. The van der Waals surface area contributed by atoms with Gasteiger partial charge in [0.25, 0.3) is 0 Å². The molecule has 4 unspecified atom stereocenters. The van der Waals surface area contributed by atoms with Crippen molar-refractivity contribution in [3.05, 3.63) is 47.6 Å². The predicted molar refractivity (Wildman–Crippen MR) is 75.6 cm³/mol. The van der Waals surface area contributed by atoms with Crippen LogP contribution >= 0.6 is 0 Å². The number of fused-ring (bicyclic) bond motifs is 4. The van der Waals surface area contributed by atoms with Crippen molar-refractivity contribution in [2.45, 2.75) is 39.5 Å². The summed E-state index contributed by atoms with van der Waals surface area (Å²) in [5.41, 5.74) is 3.28. The van der Waals surface area contributed by atoms with Gasteiger partial charge in [0.1, 0.15) is 0 Å². The van der Waals surface area contributed by atoms with E-state index >= 15 is 0 Å². The predicted octanol–water partition coefficient (Wildman–Crippen LogP) is 4.66. The quantitative estimate of drug-likeness (QED) is 0.347. The van der Waals surface area contributed by atoms with Crippen LogP contribution in [0.15, 0.2) is 35.5 Å². The second-order valence-corrected chi connectivity index (χ2v) is 5.88. The summed E-state index contributed by atoms with van der Waals surface area (Å²) in [6.07, 6.45) is 21.0. The van der Waals surface area contributed by atoms with Crippen molar-refractivity contribution < 1.29 is 19.5 Å². The van der Waals surface area contributed by atoms with E-state index in [-0.39, 0.29) is 19.5 Å². The smallest absolute Gasteiger partial charge is 0.496 e. The standard InChI is InChI=1S/2C9H11.Zn/c2*1-2-8-5-7-3-4-9(8)6-7;/h2*2,4,7,9H,5-6H2,1H3;/q2*-1;+2. The zero-order valence-corrected chi connectivity index (χ0v) is 15.1. The van der Waals surface area contributed by atoms with E-state index in [1.807, 2.05) is 0 Å². The van der Waals surface area contributed by atoms with Gasteiger partial charge in [0, 0.05) is 0 Å². The molecule has 4 rings (SSSR count). The minimum Gasteiger partial charge on any atom is -0.496 e. The molecule has 0 radical (unpaired) electrons. The van der Waals surface area contributed by atoms with Crippen LogP contribution in [0.2, 0.25) is 0 Å². The molecule has 96 valence electrons. The van der Waals surface area contributed by atoms with Crippen LogP contribution in [0, 0.1) is 35.8 Å². The van der Waals surface area contributed by atoms with Gasteiger partial charge >= 0.3 is 19.5 Å². The Morgan fingerprint density at radius 1 is 0.895 bits per heavy atom. The number of allylic oxidation sites excluding steroid dienone is 8. The second-order valence-electron chi connectivity index (χ2n) is 5.88. The summed E-state index contributed by atoms with van der Waals surface area (Å²) in [5, 5.41) is 0. The third-order valence-corrected chi connectivity index (χ3v) is 4.80. The van der Waals surface area contributed by atoms with Gasteiger partial charge in [-0.05, 0) is 25.7 Å². The molecule has 4 aliphatic carbocycles. The summed E-state index contributed by atoms with van der Waals surface area (Å²) < 4.78 is 0. The second kappa shape index (κ2) is 6.36. The molecular weight excluding hydrogens is 282 g/mol. The Kier molecular flexibility index (Phi) is 5.01. The van der Waals surface area contributed by atoms with Gasteiger partial charge in [-0.3, -0.25) is 12.2 Å². The van der Waals surface area contributed by atoms with Crippen LogP contribution in [-0.4, -0.2) is 0 Å². The monoisotopic (exact) mass is 302 g/mol. The number of hydrogen-bond acceptors (Lipinski definition) is 0. The van der Waals surface area contributed by atoms with E-state index in [1.165, 1.54) is 25.7 Å². The molecule has 0 N–H and O–H groups in total. The van der Waals surface area contributed by atoms with Gasteiger partial charge in [0.2, 0.25) is 0 Å². The maximum absolute atomic E-state index is 3.35. The van der Waals surface area contributed by atoms with Crippen molar-refractivity contribution in [3.8, 4) is 0 Å². The molecule has 1 heteroatoms. The van der Waals surface area contributed by atoms with Gasteiger partial charge in [-0.2, -0.15) is 11.8 Å². The Bertz CT molecular complexity index is 397. The molecule has 0 amide bonds. The SMILES string of the molecule is CC=C1CC2[C-]=CC1C2.CC=C1CC2[C-]=CC1C2.[Zn+2]. The summed E-state index contributed by atoms with van der Waals surface area (Å²) >= 11 is 0. The normalized spacial score (nSPS) is 40.7. The molecule has 19 heavy (non-hydrogen) atoms. The van der Waals surface area contributed by atoms with Crippen LogP contribution in [-0.2, 0) is 19.5 Å². The first-order valence-electron chi connectivity index (χ1n) is 7.29. The zero-order chi connectivity index (χ0) is 12.5. The molecule has 0 spiro atoms. The summed E-state index contributed by atoms with van der Waals surface area (Å²) in [6.45, 7) is 4.29. The summed E-state index contributed by atoms with van der Waals surface area (Å²) in [5.74, 6) is 3.11. The average molecular weight is 304 g/mol. The minimum absolute atomic E-state index is 0. The van der Waals surface area contributed by atoms with E-state index in [1.54, 1.807) is 11.1 Å². The van der Waals surface area contributed by atoms with Crippen molar-refractivity contribution in [2.24, 2.45) is 23.7 Å². The van der Waals surface area contributed by atoms with Crippen molar-refractivity contribution >= 4 is 0 Å². The van der Waals surface area contributed by atoms with Crippen LogP contribution in [0.3, 0.4) is 0 Å². The van der Waals surface area contributed by atoms with E-state index in [0.717, 1.165) is 23.7 Å². The molecule has 0 aromatic carbocycles. The van der Waals surface area contributed by atoms with E-state index in [0.29, 0.717) is 0 Å². The van der Waals surface area contributed by atoms with Crippen molar-refractivity contribution in [1.29, 1.82) is 0 Å². The Morgan fingerprint density at radius 2 is 1.32 bits per heavy atom. The Balaban J connectivity index is 0.000000133. The van der Waals surface area contributed by atoms with Crippen molar-refractivity contribution in [1.82, 2.24) is 0 Å². The molecule has 0 heterocycles. The minimum atomic E-state index is 0. The van der Waals surface area contributed by atoms with E-state index in [4.69, 9.17) is 0 Å². The first-order valence-corrected chi connectivity index (χ1v) is 7.29. The topological polar surface area (TPSA) is 0 Å². The largest absolute Gasteiger partial charge is 2.00 e. The molecule has 0 nitrogen and oxygen atoms in total. The van der Waals surface area contributed by atoms with Crippen LogP contribution in [0.4, 0.5) is 0 Å². The third kappa shape index (κ3) is 3.02. The van der Waals surface area contributed by atoms with Crippen LogP contribution in [0.5, 0.6) is 0 Å². The first kappa shape index (κ1) is 15.0. The molecule has 2 fully saturated rings. The molecule has 2 saturated carbocycles. The fourth-order valence-corrected chi connectivity index (χ4v) is 3.73. The molecule has 4 atom stereocenters. The van der Waals surface area contributed by atoms with Gasteiger partial charge in [0.05, 0.1) is 0 Å². The summed E-state index contributed by atoms with van der Waals surface area (Å²) in [7, 11) is 0. The average Bonchev–Trinajstić information content (AvgIpc) is 3.17. The fourth-order valence-electron chi connectivity index (χ4n) is 3.73. The zero-order valence-electron chi connectivity index (χ0n) is 12.2. The fraction of sp³-hybridized carbons (Fsp3) is 0.556. The van der Waals surface area contributed by atoms with E-state index < -0.39 is 0 Å². The molecular formula is C18H22Zn. The van der Waals surface area contributed by atoms with Crippen molar-refractivity contribution in [2.75, 3.05) is 0 Å². The van der Waals surface area contributed by atoms with Gasteiger partial charge in [-0.15, -0.1) is 0 Å². The summed E-state index contributed by atoms with van der Waals surface area (Å²) in [4.78, 5) is 0. The Hall–Kier alpha value is -0.417. The Morgan fingerprint density at radius 3 is 1.47 bits per heavy atom. The van der Waals surface area contributed by atoms with Crippen LogP contribution < -0.4 is 0 Å². The maximum Gasteiger partial charge on any atom is 2.00 e. The van der Waals surface area contributed by atoms with Crippen LogP contribution in [0.1, 0.15) is 39.5 Å². The van der Waals surface area contributed by atoms with Gasteiger partial charge < -0.3 is 12.2 Å². The molecule has 0 aromatic rings.